The highest BCUT2D eigenvalue weighted by Gasteiger charge is 2.34. The second-order valence-electron chi connectivity index (χ2n) is 5.82. The Labute approximate surface area is 123 Å². The van der Waals surface area contributed by atoms with Crippen molar-refractivity contribution in [2.45, 2.75) is 32.6 Å². The fourth-order valence-corrected chi connectivity index (χ4v) is 2.93. The number of aromatic carboxylic acids is 1. The van der Waals surface area contributed by atoms with Crippen LogP contribution in [0.25, 0.3) is 10.9 Å². The summed E-state index contributed by atoms with van der Waals surface area (Å²) in [5.41, 5.74) is 1.31. The number of hydrogen-bond acceptors (Lipinski definition) is 4. The summed E-state index contributed by atoms with van der Waals surface area (Å²) in [6, 6.07) is 4.96. The van der Waals surface area contributed by atoms with Crippen molar-refractivity contribution in [3.05, 3.63) is 30.1 Å². The number of fused-ring (bicyclic) bond motifs is 1. The Hall–Kier alpha value is -2.17. The first kappa shape index (κ1) is 13.8. The van der Waals surface area contributed by atoms with E-state index in [0.717, 1.165) is 17.7 Å². The summed E-state index contributed by atoms with van der Waals surface area (Å²) in [6.45, 7) is 3.15. The number of aromatic nitrogens is 2. The van der Waals surface area contributed by atoms with E-state index in [-0.39, 0.29) is 5.56 Å². The van der Waals surface area contributed by atoms with Gasteiger partial charge in [-0.2, -0.15) is 0 Å². The quantitative estimate of drug-likeness (QED) is 0.881. The maximum Gasteiger partial charge on any atom is 0.335 e. The summed E-state index contributed by atoms with van der Waals surface area (Å²) in [5.74, 6) is -0.152. The molecule has 0 bridgehead atoms. The van der Waals surface area contributed by atoms with E-state index >= 15 is 0 Å². The van der Waals surface area contributed by atoms with Crippen molar-refractivity contribution >= 4 is 22.7 Å². The molecule has 1 aromatic carbocycles. The third-order valence-electron chi connectivity index (χ3n) is 4.68. The van der Waals surface area contributed by atoms with Crippen molar-refractivity contribution < 1.29 is 9.90 Å². The summed E-state index contributed by atoms with van der Waals surface area (Å²) in [6.07, 6.45) is 6.50. The third-order valence-corrected chi connectivity index (χ3v) is 4.68. The Bertz CT molecular complexity index is 675. The van der Waals surface area contributed by atoms with Gasteiger partial charge >= 0.3 is 5.97 Å². The van der Waals surface area contributed by atoms with Crippen molar-refractivity contribution in [3.8, 4) is 0 Å². The van der Waals surface area contributed by atoms with Gasteiger partial charge in [0, 0.05) is 11.9 Å². The molecule has 0 aliphatic heterocycles. The molecule has 21 heavy (non-hydrogen) atoms. The Morgan fingerprint density at radius 3 is 2.81 bits per heavy atom. The normalized spacial score (nSPS) is 16.4. The highest BCUT2D eigenvalue weighted by Crippen LogP contribution is 2.43. The SMILES string of the molecule is CCC1(CNc2ncnc3cc(C(=O)O)ccc23)CCC1. The van der Waals surface area contributed by atoms with E-state index in [1.165, 1.54) is 32.0 Å². The number of hydrogen-bond donors (Lipinski definition) is 2. The summed E-state index contributed by atoms with van der Waals surface area (Å²) < 4.78 is 0. The summed E-state index contributed by atoms with van der Waals surface area (Å²) in [4.78, 5) is 19.5. The molecule has 0 saturated heterocycles. The maximum absolute atomic E-state index is 11.0. The maximum atomic E-state index is 11.0. The van der Waals surface area contributed by atoms with Crippen LogP contribution in [0.2, 0.25) is 0 Å². The van der Waals surface area contributed by atoms with Gasteiger partial charge in [-0.1, -0.05) is 13.3 Å². The Balaban J connectivity index is 1.87. The van der Waals surface area contributed by atoms with Gasteiger partial charge in [0.2, 0.25) is 0 Å². The van der Waals surface area contributed by atoms with Gasteiger partial charge in [0.25, 0.3) is 0 Å². The van der Waals surface area contributed by atoms with E-state index in [1.54, 1.807) is 18.2 Å². The Morgan fingerprint density at radius 1 is 1.38 bits per heavy atom. The van der Waals surface area contributed by atoms with Gasteiger partial charge in [0.15, 0.2) is 0 Å². The van der Waals surface area contributed by atoms with E-state index < -0.39 is 5.97 Å². The Kier molecular flexibility index (Phi) is 3.49. The molecule has 5 nitrogen and oxygen atoms in total. The molecule has 1 saturated carbocycles. The number of carboxylic acid groups (broad SMARTS) is 1. The van der Waals surface area contributed by atoms with Crippen LogP contribution in [-0.2, 0) is 0 Å². The minimum atomic E-state index is -0.940. The fourth-order valence-electron chi connectivity index (χ4n) is 2.93. The van der Waals surface area contributed by atoms with Crippen LogP contribution in [0.4, 0.5) is 5.82 Å². The smallest absolute Gasteiger partial charge is 0.335 e. The van der Waals surface area contributed by atoms with E-state index in [9.17, 15) is 4.79 Å². The highest BCUT2D eigenvalue weighted by atomic mass is 16.4. The van der Waals surface area contributed by atoms with E-state index in [4.69, 9.17) is 5.11 Å². The lowest BCUT2D eigenvalue weighted by Crippen LogP contribution is -2.36. The average molecular weight is 285 g/mol. The summed E-state index contributed by atoms with van der Waals surface area (Å²) >= 11 is 0. The molecule has 0 spiro atoms. The van der Waals surface area contributed by atoms with Crippen molar-refractivity contribution in [1.29, 1.82) is 0 Å². The lowest BCUT2D eigenvalue weighted by atomic mass is 9.67. The highest BCUT2D eigenvalue weighted by molar-refractivity contribution is 5.96. The minimum Gasteiger partial charge on any atom is -0.478 e. The van der Waals surface area contributed by atoms with Crippen molar-refractivity contribution in [3.63, 3.8) is 0 Å². The molecule has 0 atom stereocenters. The zero-order valence-electron chi connectivity index (χ0n) is 12.1. The van der Waals surface area contributed by atoms with Crippen LogP contribution >= 0.6 is 0 Å². The monoisotopic (exact) mass is 285 g/mol. The Morgan fingerprint density at radius 2 is 2.19 bits per heavy atom. The number of rotatable bonds is 5. The molecular formula is C16H19N3O2. The van der Waals surface area contributed by atoms with Crippen LogP contribution in [0.1, 0.15) is 43.0 Å². The summed E-state index contributed by atoms with van der Waals surface area (Å²) in [7, 11) is 0. The zero-order chi connectivity index (χ0) is 14.9. The molecule has 3 rings (SSSR count). The lowest BCUT2D eigenvalue weighted by molar-refractivity contribution is 0.0697. The van der Waals surface area contributed by atoms with Crippen LogP contribution in [0.3, 0.4) is 0 Å². The minimum absolute atomic E-state index is 0.246. The first-order chi connectivity index (χ1) is 10.1. The van der Waals surface area contributed by atoms with Crippen LogP contribution in [-0.4, -0.2) is 27.6 Å². The molecule has 1 aliphatic carbocycles. The number of carbonyl (C=O) groups is 1. The fraction of sp³-hybridized carbons (Fsp3) is 0.438. The average Bonchev–Trinajstić information content (AvgIpc) is 2.46. The molecule has 0 radical (unpaired) electrons. The number of nitrogens with one attached hydrogen (secondary N) is 1. The molecule has 2 aromatic rings. The van der Waals surface area contributed by atoms with Crippen LogP contribution in [0, 0.1) is 5.41 Å². The number of nitrogens with zero attached hydrogens (tertiary/aromatic N) is 2. The molecule has 1 aliphatic rings. The zero-order valence-corrected chi connectivity index (χ0v) is 12.1. The number of anilines is 1. The van der Waals surface area contributed by atoms with Crippen molar-refractivity contribution in [2.75, 3.05) is 11.9 Å². The van der Waals surface area contributed by atoms with Gasteiger partial charge < -0.3 is 10.4 Å². The molecule has 0 amide bonds. The molecule has 5 heteroatoms. The second kappa shape index (κ2) is 5.31. The third kappa shape index (κ3) is 2.55. The first-order valence-corrected chi connectivity index (χ1v) is 7.35. The molecule has 2 N–H and O–H groups in total. The molecule has 1 aromatic heterocycles. The van der Waals surface area contributed by atoms with Gasteiger partial charge in [0.1, 0.15) is 12.1 Å². The van der Waals surface area contributed by atoms with Crippen LogP contribution in [0.5, 0.6) is 0 Å². The van der Waals surface area contributed by atoms with Gasteiger partial charge in [0.05, 0.1) is 11.1 Å². The molecular weight excluding hydrogens is 266 g/mol. The lowest BCUT2D eigenvalue weighted by Gasteiger charge is -2.41. The van der Waals surface area contributed by atoms with Crippen molar-refractivity contribution in [1.82, 2.24) is 9.97 Å². The van der Waals surface area contributed by atoms with Crippen molar-refractivity contribution in [2.24, 2.45) is 5.41 Å². The van der Waals surface area contributed by atoms with Gasteiger partial charge in [-0.25, -0.2) is 14.8 Å². The van der Waals surface area contributed by atoms with Gasteiger partial charge in [-0.05, 0) is 42.9 Å². The van der Waals surface area contributed by atoms with E-state index in [2.05, 4.69) is 22.2 Å². The predicted molar refractivity (Wildman–Crippen MR) is 81.6 cm³/mol. The summed E-state index contributed by atoms with van der Waals surface area (Å²) in [5, 5.41) is 13.3. The predicted octanol–water partition coefficient (Wildman–Crippen LogP) is 3.32. The molecule has 0 unspecified atom stereocenters. The molecule has 1 fully saturated rings. The topological polar surface area (TPSA) is 75.1 Å². The largest absolute Gasteiger partial charge is 0.478 e. The van der Waals surface area contributed by atoms with Gasteiger partial charge in [-0.15, -0.1) is 0 Å². The first-order valence-electron chi connectivity index (χ1n) is 7.35. The second-order valence-corrected chi connectivity index (χ2v) is 5.82. The van der Waals surface area contributed by atoms with E-state index in [0.29, 0.717) is 10.9 Å². The standard InChI is InChI=1S/C16H19N3O2/c1-2-16(6-3-7-16)9-17-14-12-5-4-11(15(20)21)8-13(12)18-10-19-14/h4-5,8,10H,2-3,6-7,9H2,1H3,(H,20,21)(H,17,18,19). The molecule has 1 heterocycles. The number of carboxylic acids is 1. The molecule has 110 valence electrons. The van der Waals surface area contributed by atoms with Crippen LogP contribution < -0.4 is 5.32 Å². The number of benzene rings is 1. The van der Waals surface area contributed by atoms with Crippen LogP contribution in [0.15, 0.2) is 24.5 Å². The van der Waals surface area contributed by atoms with Gasteiger partial charge in [-0.3, -0.25) is 0 Å². The van der Waals surface area contributed by atoms with E-state index in [1.807, 2.05) is 0 Å².